The topological polar surface area (TPSA) is 83.4 Å². The third kappa shape index (κ3) is 2.04. The van der Waals surface area contributed by atoms with Gasteiger partial charge in [-0.2, -0.15) is 0 Å². The Labute approximate surface area is 99.4 Å². The van der Waals surface area contributed by atoms with Gasteiger partial charge in [-0.15, -0.1) is 0 Å². The normalized spacial score (nSPS) is 20.2. The number of halogens is 1. The number of amides is 1. The number of anilines is 1. The Morgan fingerprint density at radius 2 is 2.38 bits per heavy atom. The van der Waals surface area contributed by atoms with Gasteiger partial charge in [-0.25, -0.2) is 9.97 Å². The molecule has 0 bridgehead atoms. The van der Waals surface area contributed by atoms with Crippen molar-refractivity contribution in [3.63, 3.8) is 0 Å². The van der Waals surface area contributed by atoms with E-state index in [4.69, 9.17) is 5.11 Å². The van der Waals surface area contributed by atoms with Crippen LogP contribution in [0.5, 0.6) is 0 Å². The predicted octanol–water partition coefficient (Wildman–Crippen LogP) is 0.677. The molecule has 1 aromatic rings. The monoisotopic (exact) mass is 285 g/mol. The average molecular weight is 286 g/mol. The van der Waals surface area contributed by atoms with Gasteiger partial charge in [-0.05, 0) is 22.0 Å². The molecule has 1 amide bonds. The Morgan fingerprint density at radius 1 is 1.62 bits per heavy atom. The van der Waals surface area contributed by atoms with Crippen molar-refractivity contribution < 1.29 is 14.7 Å². The zero-order valence-electron chi connectivity index (χ0n) is 8.13. The van der Waals surface area contributed by atoms with E-state index in [1.54, 1.807) is 6.07 Å². The van der Waals surface area contributed by atoms with Crippen molar-refractivity contribution in [3.8, 4) is 0 Å². The number of nitrogens with zero attached hydrogens (tertiary/aromatic N) is 3. The molecule has 84 valence electrons. The molecule has 6 nitrogen and oxygen atoms in total. The Bertz CT molecular complexity index is 451. The largest absolute Gasteiger partial charge is 0.481 e. The molecule has 0 aliphatic carbocycles. The highest BCUT2D eigenvalue weighted by Gasteiger charge is 2.36. The molecule has 2 heterocycles. The third-order valence-electron chi connectivity index (χ3n) is 2.32. The van der Waals surface area contributed by atoms with Gasteiger partial charge in [-0.1, -0.05) is 0 Å². The number of hydrogen-bond acceptors (Lipinski definition) is 4. The maximum absolute atomic E-state index is 11.6. The van der Waals surface area contributed by atoms with Gasteiger partial charge in [0.25, 0.3) is 0 Å². The number of carbonyl (C=O) groups excluding carboxylic acids is 1. The van der Waals surface area contributed by atoms with Crippen molar-refractivity contribution in [2.24, 2.45) is 5.92 Å². The lowest BCUT2D eigenvalue weighted by molar-refractivity contribution is -0.141. The number of carboxylic acid groups (broad SMARTS) is 1. The molecule has 1 aliphatic heterocycles. The highest BCUT2D eigenvalue weighted by Crippen LogP contribution is 2.22. The molecule has 7 heteroatoms. The van der Waals surface area contributed by atoms with Gasteiger partial charge in [0.05, 0.1) is 5.92 Å². The van der Waals surface area contributed by atoms with E-state index in [2.05, 4.69) is 25.9 Å². The van der Waals surface area contributed by atoms with E-state index in [1.807, 2.05) is 0 Å². The predicted molar refractivity (Wildman–Crippen MR) is 57.8 cm³/mol. The quantitative estimate of drug-likeness (QED) is 0.808. The van der Waals surface area contributed by atoms with Crippen LogP contribution >= 0.6 is 15.9 Å². The van der Waals surface area contributed by atoms with Crippen molar-refractivity contribution >= 4 is 33.8 Å². The first kappa shape index (κ1) is 11.0. The summed E-state index contributed by atoms with van der Waals surface area (Å²) >= 11 is 3.17. The van der Waals surface area contributed by atoms with E-state index in [-0.39, 0.29) is 24.8 Å². The third-order valence-corrected chi connectivity index (χ3v) is 2.77. The zero-order chi connectivity index (χ0) is 11.7. The fourth-order valence-electron chi connectivity index (χ4n) is 1.52. The van der Waals surface area contributed by atoms with Crippen molar-refractivity contribution in [3.05, 3.63) is 16.9 Å². The van der Waals surface area contributed by atoms with Crippen LogP contribution in [0.2, 0.25) is 0 Å². The van der Waals surface area contributed by atoms with Gasteiger partial charge in [0.15, 0.2) is 0 Å². The van der Waals surface area contributed by atoms with Crippen LogP contribution in [0.3, 0.4) is 0 Å². The molecular weight excluding hydrogens is 278 g/mol. The van der Waals surface area contributed by atoms with Crippen molar-refractivity contribution in [2.45, 2.75) is 6.42 Å². The van der Waals surface area contributed by atoms with E-state index >= 15 is 0 Å². The minimum atomic E-state index is -0.967. The number of aliphatic carboxylic acids is 1. The minimum Gasteiger partial charge on any atom is -0.481 e. The fraction of sp³-hybridized carbons (Fsp3) is 0.333. The maximum Gasteiger partial charge on any atom is 0.308 e. The maximum atomic E-state index is 11.6. The Kier molecular flexibility index (Phi) is 2.86. The molecule has 1 N–H and O–H groups in total. The molecule has 0 radical (unpaired) electrons. The zero-order valence-corrected chi connectivity index (χ0v) is 9.72. The number of aromatic nitrogens is 2. The van der Waals surface area contributed by atoms with Crippen LogP contribution in [0.25, 0.3) is 0 Å². The Morgan fingerprint density at radius 3 is 2.94 bits per heavy atom. The van der Waals surface area contributed by atoms with Gasteiger partial charge in [0, 0.05) is 19.2 Å². The first-order valence-electron chi connectivity index (χ1n) is 4.59. The highest BCUT2D eigenvalue weighted by atomic mass is 79.9. The molecule has 1 unspecified atom stereocenters. The van der Waals surface area contributed by atoms with E-state index in [1.165, 1.54) is 11.1 Å². The lowest BCUT2D eigenvalue weighted by Gasteiger charge is -2.13. The summed E-state index contributed by atoms with van der Waals surface area (Å²) < 4.78 is 0.559. The van der Waals surface area contributed by atoms with Crippen LogP contribution in [0.1, 0.15) is 6.42 Å². The molecule has 16 heavy (non-hydrogen) atoms. The van der Waals surface area contributed by atoms with Crippen molar-refractivity contribution in [1.82, 2.24) is 9.97 Å². The summed E-state index contributed by atoms with van der Waals surface area (Å²) in [6.45, 7) is 0.130. The van der Waals surface area contributed by atoms with Crippen LogP contribution in [0.4, 0.5) is 5.95 Å². The molecule has 1 aromatic heterocycles. The summed E-state index contributed by atoms with van der Waals surface area (Å²) in [7, 11) is 0. The van der Waals surface area contributed by atoms with Gasteiger partial charge in [0.2, 0.25) is 11.9 Å². The molecule has 2 rings (SSSR count). The van der Waals surface area contributed by atoms with E-state index < -0.39 is 11.9 Å². The molecule has 0 aromatic carbocycles. The van der Waals surface area contributed by atoms with Crippen LogP contribution in [0, 0.1) is 5.92 Å². The molecular formula is C9H8BrN3O3. The SMILES string of the molecule is O=C(O)C1CC(=O)N(c2nccc(Br)n2)C1. The number of hydrogen-bond donors (Lipinski definition) is 1. The van der Waals surface area contributed by atoms with E-state index in [0.717, 1.165) is 0 Å². The first-order chi connectivity index (χ1) is 7.58. The minimum absolute atomic E-state index is 0.00517. The fourth-order valence-corrected chi connectivity index (χ4v) is 1.80. The van der Waals surface area contributed by atoms with Gasteiger partial charge < -0.3 is 5.11 Å². The molecule has 1 fully saturated rings. The molecule has 1 aliphatic rings. The molecule has 1 atom stereocenters. The molecule has 0 spiro atoms. The highest BCUT2D eigenvalue weighted by molar-refractivity contribution is 9.10. The summed E-state index contributed by atoms with van der Waals surface area (Å²) in [6, 6.07) is 1.64. The first-order valence-corrected chi connectivity index (χ1v) is 5.39. The summed E-state index contributed by atoms with van der Waals surface area (Å²) in [6.07, 6.45) is 1.51. The van der Waals surface area contributed by atoms with Gasteiger partial charge in [0.1, 0.15) is 4.60 Å². The standard InChI is InChI=1S/C9H8BrN3O3/c10-6-1-2-11-9(12-6)13-4-5(8(15)16)3-7(13)14/h1-2,5H,3-4H2,(H,15,16). The summed E-state index contributed by atoms with van der Waals surface area (Å²) in [5, 5.41) is 8.82. The second-order valence-corrected chi connectivity index (χ2v) is 4.24. The second kappa shape index (κ2) is 4.17. The lowest BCUT2D eigenvalue weighted by atomic mass is 10.1. The molecule has 0 saturated carbocycles. The number of carbonyl (C=O) groups is 2. The van der Waals surface area contributed by atoms with Gasteiger partial charge >= 0.3 is 5.97 Å². The smallest absolute Gasteiger partial charge is 0.308 e. The van der Waals surface area contributed by atoms with Crippen LogP contribution in [-0.2, 0) is 9.59 Å². The second-order valence-electron chi connectivity index (χ2n) is 3.42. The summed E-state index contributed by atoms with van der Waals surface area (Å²) in [5.41, 5.74) is 0. The summed E-state index contributed by atoms with van der Waals surface area (Å²) in [4.78, 5) is 31.6. The van der Waals surface area contributed by atoms with Gasteiger partial charge in [-0.3, -0.25) is 14.5 Å². The van der Waals surface area contributed by atoms with Crippen LogP contribution in [-0.4, -0.2) is 33.5 Å². The van der Waals surface area contributed by atoms with Crippen LogP contribution < -0.4 is 4.90 Å². The number of rotatable bonds is 2. The number of carboxylic acids is 1. The Hall–Kier alpha value is -1.50. The lowest BCUT2D eigenvalue weighted by Crippen LogP contribution is -2.27. The average Bonchev–Trinajstić information content (AvgIpc) is 2.60. The van der Waals surface area contributed by atoms with E-state index in [9.17, 15) is 9.59 Å². The van der Waals surface area contributed by atoms with E-state index in [0.29, 0.717) is 4.60 Å². The summed E-state index contributed by atoms with van der Waals surface area (Å²) in [5.74, 6) is -1.66. The van der Waals surface area contributed by atoms with Crippen molar-refractivity contribution in [1.29, 1.82) is 0 Å². The van der Waals surface area contributed by atoms with Crippen molar-refractivity contribution in [2.75, 3.05) is 11.4 Å². The Balaban J connectivity index is 2.23. The van der Waals surface area contributed by atoms with Crippen LogP contribution in [0.15, 0.2) is 16.9 Å². The molecule has 1 saturated heterocycles.